The molecule has 1 atom stereocenters. The van der Waals surface area contributed by atoms with E-state index in [0.717, 1.165) is 6.42 Å². The van der Waals surface area contributed by atoms with Crippen LogP contribution in [0.15, 0.2) is 29.8 Å². The van der Waals surface area contributed by atoms with E-state index < -0.39 is 0 Å². The van der Waals surface area contributed by atoms with Crippen molar-refractivity contribution < 1.29 is 9.90 Å². The maximum atomic E-state index is 11.8. The number of nitrogens with one attached hydrogen (secondary N) is 1. The molecule has 1 aromatic carbocycles. The fourth-order valence-corrected chi connectivity index (χ4v) is 1.29. The Bertz CT molecular complexity index is 484. The summed E-state index contributed by atoms with van der Waals surface area (Å²) < 4.78 is 0. The number of nitriles is 1. The topological polar surface area (TPSA) is 73.1 Å². The Kier molecular flexibility index (Phi) is 4.94. The van der Waals surface area contributed by atoms with Gasteiger partial charge in [0.1, 0.15) is 17.4 Å². The van der Waals surface area contributed by atoms with Gasteiger partial charge in [-0.05, 0) is 37.1 Å². The largest absolute Gasteiger partial charge is 0.508 e. The number of hydrogen-bond donors (Lipinski definition) is 2. The minimum absolute atomic E-state index is 0.0362. The van der Waals surface area contributed by atoms with Crippen LogP contribution in [0, 0.1) is 11.3 Å². The molecular formula is C14H16N2O2. The molecule has 4 nitrogen and oxygen atoms in total. The summed E-state index contributed by atoms with van der Waals surface area (Å²) in [5.74, 6) is -0.227. The molecule has 18 heavy (non-hydrogen) atoms. The normalized spacial score (nSPS) is 12.6. The molecule has 2 N–H and O–H groups in total. The van der Waals surface area contributed by atoms with E-state index in [0.29, 0.717) is 5.56 Å². The van der Waals surface area contributed by atoms with Crippen molar-refractivity contribution in [1.29, 1.82) is 5.26 Å². The first-order valence-electron chi connectivity index (χ1n) is 5.78. The van der Waals surface area contributed by atoms with Crippen LogP contribution in [0.3, 0.4) is 0 Å². The third kappa shape index (κ3) is 3.95. The fraction of sp³-hybridized carbons (Fsp3) is 0.286. The van der Waals surface area contributed by atoms with E-state index in [4.69, 9.17) is 10.4 Å². The third-order valence-corrected chi connectivity index (χ3v) is 2.56. The summed E-state index contributed by atoms with van der Waals surface area (Å²) in [6.45, 7) is 3.84. The molecule has 0 fully saturated rings. The van der Waals surface area contributed by atoms with E-state index in [1.807, 2.05) is 19.9 Å². The lowest BCUT2D eigenvalue weighted by atomic mass is 10.1. The van der Waals surface area contributed by atoms with Gasteiger partial charge in [-0.1, -0.05) is 19.1 Å². The van der Waals surface area contributed by atoms with E-state index >= 15 is 0 Å². The molecule has 0 radical (unpaired) electrons. The first-order valence-corrected chi connectivity index (χ1v) is 5.78. The van der Waals surface area contributed by atoms with Crippen LogP contribution in [-0.4, -0.2) is 17.1 Å². The molecule has 0 aromatic heterocycles. The quantitative estimate of drug-likeness (QED) is 0.630. The van der Waals surface area contributed by atoms with Crippen molar-refractivity contribution in [2.45, 2.75) is 26.3 Å². The van der Waals surface area contributed by atoms with Crippen LogP contribution in [-0.2, 0) is 4.79 Å². The Morgan fingerprint density at radius 1 is 1.50 bits per heavy atom. The monoisotopic (exact) mass is 244 g/mol. The van der Waals surface area contributed by atoms with Crippen LogP contribution in [0.2, 0.25) is 0 Å². The maximum absolute atomic E-state index is 11.8. The second kappa shape index (κ2) is 6.45. The first-order chi connectivity index (χ1) is 8.56. The highest BCUT2D eigenvalue weighted by molar-refractivity contribution is 6.01. The minimum Gasteiger partial charge on any atom is -0.508 e. The van der Waals surface area contributed by atoms with Gasteiger partial charge in [0.25, 0.3) is 5.91 Å². The average molecular weight is 244 g/mol. The highest BCUT2D eigenvalue weighted by atomic mass is 16.3. The second-order valence-corrected chi connectivity index (χ2v) is 4.04. The molecule has 0 saturated heterocycles. The van der Waals surface area contributed by atoms with Gasteiger partial charge in [0.15, 0.2) is 0 Å². The molecule has 1 rings (SSSR count). The van der Waals surface area contributed by atoms with Crippen LogP contribution in [0.1, 0.15) is 25.8 Å². The molecule has 0 heterocycles. The molecule has 0 aliphatic rings. The molecule has 1 aromatic rings. The maximum Gasteiger partial charge on any atom is 0.262 e. The number of aromatic hydroxyl groups is 1. The number of rotatable bonds is 4. The smallest absolute Gasteiger partial charge is 0.262 e. The van der Waals surface area contributed by atoms with Gasteiger partial charge in [-0.3, -0.25) is 4.79 Å². The number of carbonyl (C=O) groups excluding carboxylic acids is 1. The molecule has 4 heteroatoms. The van der Waals surface area contributed by atoms with E-state index in [9.17, 15) is 4.79 Å². The molecule has 0 aliphatic carbocycles. The molecule has 0 aliphatic heterocycles. The minimum atomic E-state index is -0.375. The van der Waals surface area contributed by atoms with Gasteiger partial charge in [0.05, 0.1) is 0 Å². The van der Waals surface area contributed by atoms with Gasteiger partial charge >= 0.3 is 0 Å². The predicted molar refractivity (Wildman–Crippen MR) is 69.6 cm³/mol. The number of hydrogen-bond acceptors (Lipinski definition) is 3. The van der Waals surface area contributed by atoms with Crippen molar-refractivity contribution in [3.05, 3.63) is 35.4 Å². The summed E-state index contributed by atoms with van der Waals surface area (Å²) in [4.78, 5) is 11.8. The predicted octanol–water partition coefficient (Wildman–Crippen LogP) is 2.21. The van der Waals surface area contributed by atoms with Gasteiger partial charge in [-0.15, -0.1) is 0 Å². The number of benzene rings is 1. The SMILES string of the molecule is CCC(C)NC(=O)/C(C#N)=C/c1ccc(O)cc1. The van der Waals surface area contributed by atoms with Crippen molar-refractivity contribution in [2.75, 3.05) is 0 Å². The number of phenols is 1. The second-order valence-electron chi connectivity index (χ2n) is 4.04. The number of phenolic OH excluding ortho intramolecular Hbond substituents is 1. The zero-order valence-corrected chi connectivity index (χ0v) is 10.5. The molecule has 0 spiro atoms. The lowest BCUT2D eigenvalue weighted by Gasteiger charge is -2.10. The summed E-state index contributed by atoms with van der Waals surface area (Å²) in [6, 6.07) is 8.22. The molecular weight excluding hydrogens is 228 g/mol. The Labute approximate surface area is 107 Å². The lowest BCUT2D eigenvalue weighted by Crippen LogP contribution is -2.32. The number of carbonyl (C=O) groups is 1. The zero-order valence-electron chi connectivity index (χ0n) is 10.5. The van der Waals surface area contributed by atoms with E-state index in [2.05, 4.69) is 5.32 Å². The summed E-state index contributed by atoms with van der Waals surface area (Å²) in [5, 5.41) is 20.8. The van der Waals surface area contributed by atoms with Crippen molar-refractivity contribution in [1.82, 2.24) is 5.32 Å². The van der Waals surface area contributed by atoms with E-state index in [1.165, 1.54) is 18.2 Å². The van der Waals surface area contributed by atoms with Crippen LogP contribution in [0.25, 0.3) is 6.08 Å². The Morgan fingerprint density at radius 2 is 2.11 bits per heavy atom. The molecule has 94 valence electrons. The van der Waals surface area contributed by atoms with Crippen molar-refractivity contribution in [3.8, 4) is 11.8 Å². The summed E-state index contributed by atoms with van der Waals surface area (Å²) in [7, 11) is 0. The first kappa shape index (κ1) is 13.8. The number of nitrogens with zero attached hydrogens (tertiary/aromatic N) is 1. The highest BCUT2D eigenvalue weighted by Gasteiger charge is 2.11. The van der Waals surface area contributed by atoms with Gasteiger partial charge in [-0.2, -0.15) is 5.26 Å². The number of amides is 1. The molecule has 0 bridgehead atoms. The van der Waals surface area contributed by atoms with Crippen LogP contribution in [0.4, 0.5) is 0 Å². The highest BCUT2D eigenvalue weighted by Crippen LogP contribution is 2.12. The van der Waals surface area contributed by atoms with Crippen molar-refractivity contribution in [3.63, 3.8) is 0 Å². The van der Waals surface area contributed by atoms with Crippen LogP contribution < -0.4 is 5.32 Å². The van der Waals surface area contributed by atoms with Crippen molar-refractivity contribution in [2.24, 2.45) is 0 Å². The zero-order chi connectivity index (χ0) is 13.5. The standard InChI is InChI=1S/C14H16N2O2/c1-3-10(2)16-14(18)12(9-15)8-11-4-6-13(17)7-5-11/h4-8,10,17H,3H2,1-2H3,(H,16,18)/b12-8+. The molecule has 1 amide bonds. The fourth-order valence-electron chi connectivity index (χ4n) is 1.29. The van der Waals surface area contributed by atoms with Gasteiger partial charge < -0.3 is 10.4 Å². The Balaban J connectivity index is 2.86. The summed E-state index contributed by atoms with van der Waals surface area (Å²) in [5.41, 5.74) is 0.754. The van der Waals surface area contributed by atoms with Gasteiger partial charge in [-0.25, -0.2) is 0 Å². The van der Waals surface area contributed by atoms with E-state index in [-0.39, 0.29) is 23.3 Å². The van der Waals surface area contributed by atoms with Crippen LogP contribution in [0.5, 0.6) is 5.75 Å². The van der Waals surface area contributed by atoms with Crippen molar-refractivity contribution >= 4 is 12.0 Å². The lowest BCUT2D eigenvalue weighted by molar-refractivity contribution is -0.117. The van der Waals surface area contributed by atoms with Gasteiger partial charge in [0, 0.05) is 6.04 Å². The molecule has 1 unspecified atom stereocenters. The van der Waals surface area contributed by atoms with E-state index in [1.54, 1.807) is 12.1 Å². The van der Waals surface area contributed by atoms with Gasteiger partial charge in [0.2, 0.25) is 0 Å². The average Bonchev–Trinajstić information content (AvgIpc) is 2.37. The Hall–Kier alpha value is -2.28. The summed E-state index contributed by atoms with van der Waals surface area (Å²) >= 11 is 0. The third-order valence-electron chi connectivity index (χ3n) is 2.56. The summed E-state index contributed by atoms with van der Waals surface area (Å²) in [6.07, 6.45) is 2.31. The van der Waals surface area contributed by atoms with Crippen LogP contribution >= 0.6 is 0 Å². The Morgan fingerprint density at radius 3 is 2.61 bits per heavy atom. The molecule has 0 saturated carbocycles.